The summed E-state index contributed by atoms with van der Waals surface area (Å²) in [4.78, 5) is 0. The molecule has 0 nitrogen and oxygen atoms in total. The Hall–Kier alpha value is -0.300. The zero-order valence-electron chi connectivity index (χ0n) is 10.7. The van der Waals surface area contributed by atoms with Crippen molar-refractivity contribution in [1.82, 2.24) is 0 Å². The van der Waals surface area contributed by atoms with E-state index in [9.17, 15) is 0 Å². The summed E-state index contributed by atoms with van der Waals surface area (Å²) in [5.74, 6) is 0. The lowest BCUT2D eigenvalue weighted by atomic mass is 9.80. The number of halogens is 1. The largest absolute Gasteiger partial charge is 0.0876 e. The van der Waals surface area contributed by atoms with Gasteiger partial charge in [0.1, 0.15) is 0 Å². The molecule has 0 heterocycles. The highest BCUT2D eigenvalue weighted by molar-refractivity contribution is 9.08. The average molecular weight is 283 g/mol. The van der Waals surface area contributed by atoms with Crippen LogP contribution >= 0.6 is 15.9 Å². The minimum absolute atomic E-state index is 0.319. The predicted molar refractivity (Wildman–Crippen MR) is 76.2 cm³/mol. The topological polar surface area (TPSA) is 0 Å². The molecular weight excluding hydrogens is 260 g/mol. The van der Waals surface area contributed by atoms with Crippen molar-refractivity contribution in [2.75, 3.05) is 0 Å². The molecule has 0 radical (unpaired) electrons. The van der Waals surface area contributed by atoms with Crippen molar-refractivity contribution in [3.8, 4) is 0 Å². The van der Waals surface area contributed by atoms with Crippen molar-refractivity contribution < 1.29 is 0 Å². The monoisotopic (exact) mass is 282 g/mol. The van der Waals surface area contributed by atoms with Crippen LogP contribution in [-0.2, 0) is 10.7 Å². The minimum Gasteiger partial charge on any atom is -0.0876 e. The number of alkyl halides is 1. The maximum Gasteiger partial charge on any atom is 0.0283 e. The molecule has 0 aliphatic carbocycles. The van der Waals surface area contributed by atoms with Crippen molar-refractivity contribution in [3.05, 3.63) is 35.4 Å². The molecule has 0 aromatic heterocycles. The first-order valence-electron chi connectivity index (χ1n) is 6.25. The van der Waals surface area contributed by atoms with Crippen LogP contribution in [0.1, 0.15) is 57.6 Å². The van der Waals surface area contributed by atoms with E-state index in [0.717, 1.165) is 5.33 Å². The van der Waals surface area contributed by atoms with Crippen molar-refractivity contribution in [3.63, 3.8) is 0 Å². The Labute approximate surface area is 109 Å². The van der Waals surface area contributed by atoms with E-state index in [-0.39, 0.29) is 0 Å². The van der Waals surface area contributed by atoms with E-state index in [1.807, 2.05) is 0 Å². The van der Waals surface area contributed by atoms with Crippen LogP contribution < -0.4 is 0 Å². The summed E-state index contributed by atoms with van der Waals surface area (Å²) in [5, 5.41) is 0.948. The number of hydrogen-bond donors (Lipinski definition) is 0. The second-order valence-corrected chi connectivity index (χ2v) is 5.73. The van der Waals surface area contributed by atoms with Crippen molar-refractivity contribution >= 4 is 15.9 Å². The molecular formula is C15H23Br. The Kier molecular flexibility index (Phi) is 5.54. The molecule has 16 heavy (non-hydrogen) atoms. The summed E-state index contributed by atoms with van der Waals surface area (Å²) in [6, 6.07) is 9.02. The van der Waals surface area contributed by atoms with Crippen LogP contribution in [-0.4, -0.2) is 0 Å². The molecule has 0 aliphatic heterocycles. The highest BCUT2D eigenvalue weighted by Gasteiger charge is 2.19. The molecule has 90 valence electrons. The van der Waals surface area contributed by atoms with Crippen LogP contribution in [0.4, 0.5) is 0 Å². The minimum atomic E-state index is 0.319. The van der Waals surface area contributed by atoms with Crippen molar-refractivity contribution in [2.45, 2.75) is 57.2 Å². The zero-order chi connectivity index (χ0) is 12.0. The summed E-state index contributed by atoms with van der Waals surface area (Å²) in [5.41, 5.74) is 3.14. The van der Waals surface area contributed by atoms with Gasteiger partial charge in [-0.05, 0) is 23.0 Å². The van der Waals surface area contributed by atoms with E-state index in [0.29, 0.717) is 5.41 Å². The third-order valence-corrected chi connectivity index (χ3v) is 3.94. The summed E-state index contributed by atoms with van der Waals surface area (Å²) >= 11 is 3.48. The van der Waals surface area contributed by atoms with Gasteiger partial charge in [-0.15, -0.1) is 0 Å². The predicted octanol–water partition coefficient (Wildman–Crippen LogP) is 5.44. The Balaban J connectivity index is 2.65. The highest BCUT2D eigenvalue weighted by atomic mass is 79.9. The maximum atomic E-state index is 3.48. The van der Waals surface area contributed by atoms with Crippen LogP contribution in [0.2, 0.25) is 0 Å². The number of unbranched alkanes of at least 4 members (excludes halogenated alkanes) is 2. The first-order valence-corrected chi connectivity index (χ1v) is 7.37. The molecule has 0 aliphatic rings. The lowest BCUT2D eigenvalue weighted by Gasteiger charge is -2.25. The van der Waals surface area contributed by atoms with Gasteiger partial charge in [0.2, 0.25) is 0 Å². The van der Waals surface area contributed by atoms with Crippen LogP contribution in [0.15, 0.2) is 24.3 Å². The third-order valence-electron chi connectivity index (χ3n) is 3.30. The second-order valence-electron chi connectivity index (χ2n) is 5.17. The van der Waals surface area contributed by atoms with Crippen LogP contribution in [0.25, 0.3) is 0 Å². The van der Waals surface area contributed by atoms with Gasteiger partial charge in [0, 0.05) is 5.33 Å². The number of hydrogen-bond acceptors (Lipinski definition) is 0. The summed E-state index contributed by atoms with van der Waals surface area (Å²) < 4.78 is 0. The molecule has 0 amide bonds. The van der Waals surface area contributed by atoms with Gasteiger partial charge in [0.15, 0.2) is 0 Å². The summed E-state index contributed by atoms with van der Waals surface area (Å²) in [6.45, 7) is 6.97. The van der Waals surface area contributed by atoms with Gasteiger partial charge in [0.05, 0.1) is 0 Å². The van der Waals surface area contributed by atoms with Gasteiger partial charge < -0.3 is 0 Å². The third kappa shape index (κ3) is 3.93. The highest BCUT2D eigenvalue weighted by Crippen LogP contribution is 2.29. The fourth-order valence-corrected chi connectivity index (χ4v) is 2.38. The standard InChI is InChI=1S/C15H23Br/c1-4-5-6-11-15(2,3)14-9-7-13(12-16)8-10-14/h7-10H,4-6,11-12H2,1-3H3. The van der Waals surface area contributed by atoms with Gasteiger partial charge in [-0.1, -0.05) is 80.2 Å². The molecule has 1 aromatic rings. The summed E-state index contributed by atoms with van der Waals surface area (Å²) in [6.07, 6.45) is 5.28. The van der Waals surface area contributed by atoms with Gasteiger partial charge >= 0.3 is 0 Å². The molecule has 0 bridgehead atoms. The van der Waals surface area contributed by atoms with Gasteiger partial charge in [0.25, 0.3) is 0 Å². The quantitative estimate of drug-likeness (QED) is 0.481. The second kappa shape index (κ2) is 6.44. The number of rotatable bonds is 6. The molecule has 0 saturated carbocycles. The molecule has 0 N–H and O–H groups in total. The zero-order valence-corrected chi connectivity index (χ0v) is 12.3. The van der Waals surface area contributed by atoms with E-state index in [4.69, 9.17) is 0 Å². The van der Waals surface area contributed by atoms with Crippen LogP contribution in [0, 0.1) is 0 Å². The SMILES string of the molecule is CCCCCC(C)(C)c1ccc(CBr)cc1. The smallest absolute Gasteiger partial charge is 0.0283 e. The molecule has 1 heteroatoms. The Bertz CT molecular complexity index is 298. The van der Waals surface area contributed by atoms with E-state index in [1.165, 1.54) is 36.8 Å². The lowest BCUT2D eigenvalue weighted by molar-refractivity contribution is 0.450. The Morgan fingerprint density at radius 1 is 1.06 bits per heavy atom. The van der Waals surface area contributed by atoms with E-state index in [1.54, 1.807) is 0 Å². The fraction of sp³-hybridized carbons (Fsp3) is 0.600. The molecule has 1 rings (SSSR count). The molecule has 0 fully saturated rings. The fourth-order valence-electron chi connectivity index (χ4n) is 2.01. The average Bonchev–Trinajstić information content (AvgIpc) is 2.29. The first kappa shape index (κ1) is 13.8. The van der Waals surface area contributed by atoms with Crippen molar-refractivity contribution in [2.24, 2.45) is 0 Å². The van der Waals surface area contributed by atoms with Gasteiger partial charge in [-0.3, -0.25) is 0 Å². The maximum absolute atomic E-state index is 3.48. The Morgan fingerprint density at radius 2 is 1.69 bits per heavy atom. The van der Waals surface area contributed by atoms with Crippen molar-refractivity contribution in [1.29, 1.82) is 0 Å². The summed E-state index contributed by atoms with van der Waals surface area (Å²) in [7, 11) is 0. The van der Waals surface area contributed by atoms with Gasteiger partial charge in [-0.2, -0.15) is 0 Å². The number of benzene rings is 1. The molecule has 1 aromatic carbocycles. The van der Waals surface area contributed by atoms with Crippen LogP contribution in [0.3, 0.4) is 0 Å². The first-order chi connectivity index (χ1) is 7.60. The molecule has 0 saturated heterocycles. The molecule has 0 atom stereocenters. The van der Waals surface area contributed by atoms with E-state index >= 15 is 0 Å². The molecule has 0 spiro atoms. The lowest BCUT2D eigenvalue weighted by Crippen LogP contribution is -2.16. The normalized spacial score (nSPS) is 11.8. The van der Waals surface area contributed by atoms with E-state index < -0.39 is 0 Å². The van der Waals surface area contributed by atoms with E-state index in [2.05, 4.69) is 61.0 Å². The van der Waals surface area contributed by atoms with Gasteiger partial charge in [-0.25, -0.2) is 0 Å². The molecule has 0 unspecified atom stereocenters. The Morgan fingerprint density at radius 3 is 2.19 bits per heavy atom. The van der Waals surface area contributed by atoms with Crippen LogP contribution in [0.5, 0.6) is 0 Å².